The van der Waals surface area contributed by atoms with E-state index in [2.05, 4.69) is 0 Å². The van der Waals surface area contributed by atoms with Crippen molar-refractivity contribution in [2.75, 3.05) is 7.11 Å². The quantitative estimate of drug-likeness (QED) is 0.397. The van der Waals surface area contributed by atoms with Crippen molar-refractivity contribution in [3.05, 3.63) is 82.0 Å². The van der Waals surface area contributed by atoms with Gasteiger partial charge < -0.3 is 13.9 Å². The van der Waals surface area contributed by atoms with Crippen LogP contribution in [0.4, 0.5) is 4.39 Å². The molecule has 1 aromatic heterocycles. The summed E-state index contributed by atoms with van der Waals surface area (Å²) in [5.74, 6) is -0.539. The highest BCUT2D eigenvalue weighted by atomic mass is 19.1. The van der Waals surface area contributed by atoms with Gasteiger partial charge in [0.1, 0.15) is 23.8 Å². The molecule has 0 aliphatic heterocycles. The lowest BCUT2D eigenvalue weighted by Gasteiger charge is -2.07. The van der Waals surface area contributed by atoms with Gasteiger partial charge in [0.05, 0.1) is 7.11 Å². The summed E-state index contributed by atoms with van der Waals surface area (Å²) in [4.78, 5) is 23.6. The van der Waals surface area contributed by atoms with Crippen molar-refractivity contribution in [1.29, 1.82) is 0 Å². The summed E-state index contributed by atoms with van der Waals surface area (Å²) in [7, 11) is 1.51. The summed E-state index contributed by atoms with van der Waals surface area (Å²) >= 11 is 0. The van der Waals surface area contributed by atoms with Crippen LogP contribution in [0.2, 0.25) is 0 Å². The van der Waals surface area contributed by atoms with Gasteiger partial charge in [-0.1, -0.05) is 18.2 Å². The van der Waals surface area contributed by atoms with Gasteiger partial charge in [-0.3, -0.25) is 0 Å². The molecule has 0 fully saturated rings. The predicted octanol–water partition coefficient (Wildman–Crippen LogP) is 3.70. The summed E-state index contributed by atoms with van der Waals surface area (Å²) in [6.07, 6.45) is 2.47. The monoisotopic (exact) mass is 354 g/mol. The molecule has 0 saturated heterocycles. The number of hydrogen-bond donors (Lipinski definition) is 0. The van der Waals surface area contributed by atoms with Crippen LogP contribution in [0.25, 0.3) is 17.0 Å². The minimum Gasteiger partial charge on any atom is -0.497 e. The molecule has 0 spiro atoms. The first-order chi connectivity index (χ1) is 12.6. The molecular weight excluding hydrogens is 339 g/mol. The van der Waals surface area contributed by atoms with Gasteiger partial charge in [0.15, 0.2) is 0 Å². The van der Waals surface area contributed by atoms with Gasteiger partial charge in [-0.2, -0.15) is 0 Å². The molecule has 3 rings (SSSR count). The molecule has 26 heavy (non-hydrogen) atoms. The number of fused-ring (bicyclic) bond motifs is 1. The number of halogens is 1. The van der Waals surface area contributed by atoms with Gasteiger partial charge in [-0.25, -0.2) is 14.0 Å². The summed E-state index contributed by atoms with van der Waals surface area (Å²) in [5, 5.41) is 0.635. The Balaban J connectivity index is 1.76. The van der Waals surface area contributed by atoms with Crippen LogP contribution < -0.4 is 10.4 Å². The lowest BCUT2D eigenvalue weighted by atomic mass is 10.1. The van der Waals surface area contributed by atoms with E-state index >= 15 is 0 Å². The molecule has 3 aromatic rings. The smallest absolute Gasteiger partial charge is 0.336 e. The van der Waals surface area contributed by atoms with E-state index in [1.807, 2.05) is 0 Å². The highest BCUT2D eigenvalue weighted by Crippen LogP contribution is 2.23. The first-order valence-electron chi connectivity index (χ1n) is 7.77. The van der Waals surface area contributed by atoms with Gasteiger partial charge in [-0.15, -0.1) is 0 Å². The Bertz CT molecular complexity index is 1040. The normalized spacial score (nSPS) is 11.0. The van der Waals surface area contributed by atoms with E-state index in [9.17, 15) is 14.0 Å². The molecule has 0 saturated carbocycles. The molecule has 0 atom stereocenters. The fourth-order valence-corrected chi connectivity index (χ4v) is 2.42. The molecule has 132 valence electrons. The zero-order valence-electron chi connectivity index (χ0n) is 13.9. The molecule has 0 bridgehead atoms. The van der Waals surface area contributed by atoms with E-state index in [0.29, 0.717) is 22.3 Å². The van der Waals surface area contributed by atoms with Crippen molar-refractivity contribution in [2.24, 2.45) is 0 Å². The Kier molecular flexibility index (Phi) is 5.12. The van der Waals surface area contributed by atoms with Crippen molar-refractivity contribution < 1.29 is 23.1 Å². The molecule has 0 aliphatic rings. The molecular formula is C20H15FO5. The number of methoxy groups -OCH3 is 1. The highest BCUT2D eigenvalue weighted by molar-refractivity contribution is 5.87. The topological polar surface area (TPSA) is 65.7 Å². The first kappa shape index (κ1) is 17.4. The minimum atomic E-state index is -0.650. The summed E-state index contributed by atoms with van der Waals surface area (Å²) in [6, 6.07) is 12.4. The van der Waals surface area contributed by atoms with Gasteiger partial charge in [0.25, 0.3) is 0 Å². The van der Waals surface area contributed by atoms with E-state index in [1.54, 1.807) is 36.4 Å². The van der Waals surface area contributed by atoms with Crippen molar-refractivity contribution in [1.82, 2.24) is 0 Å². The number of ether oxygens (including phenoxy) is 2. The third-order valence-corrected chi connectivity index (χ3v) is 3.71. The standard InChI is InChI=1S/C20H15FO5/c1-24-15-7-8-16-14(10-20(23)26-18(16)11-15)12-25-19(22)9-6-13-4-2-3-5-17(13)21/h2-11H,12H2,1H3/b9-6+. The Morgan fingerprint density at radius 3 is 2.77 bits per heavy atom. The largest absolute Gasteiger partial charge is 0.497 e. The van der Waals surface area contributed by atoms with Gasteiger partial charge >= 0.3 is 11.6 Å². The Morgan fingerprint density at radius 1 is 1.19 bits per heavy atom. The van der Waals surface area contributed by atoms with E-state index in [0.717, 1.165) is 6.08 Å². The van der Waals surface area contributed by atoms with Gasteiger partial charge in [0.2, 0.25) is 0 Å². The van der Waals surface area contributed by atoms with Crippen molar-refractivity contribution >= 4 is 23.0 Å². The SMILES string of the molecule is COc1ccc2c(COC(=O)/C=C/c3ccccc3F)cc(=O)oc2c1. The van der Waals surface area contributed by atoms with E-state index in [4.69, 9.17) is 13.9 Å². The fraction of sp³-hybridized carbons (Fsp3) is 0.100. The second-order valence-corrected chi connectivity index (χ2v) is 5.42. The van der Waals surface area contributed by atoms with Crippen molar-refractivity contribution in [2.45, 2.75) is 6.61 Å². The zero-order valence-corrected chi connectivity index (χ0v) is 13.9. The maximum atomic E-state index is 13.5. The predicted molar refractivity (Wildman–Crippen MR) is 94.3 cm³/mol. The van der Waals surface area contributed by atoms with Crippen LogP contribution >= 0.6 is 0 Å². The summed E-state index contributed by atoms with van der Waals surface area (Å²) in [5.41, 5.74) is 0.567. The van der Waals surface area contributed by atoms with Crippen LogP contribution in [0.1, 0.15) is 11.1 Å². The maximum Gasteiger partial charge on any atom is 0.336 e. The first-order valence-corrected chi connectivity index (χ1v) is 7.77. The summed E-state index contributed by atoms with van der Waals surface area (Å²) < 4.78 is 28.9. The van der Waals surface area contributed by atoms with Crippen molar-refractivity contribution in [3.8, 4) is 5.75 Å². The molecule has 0 aliphatic carbocycles. The second-order valence-electron chi connectivity index (χ2n) is 5.42. The van der Waals surface area contributed by atoms with Crippen LogP contribution in [0.5, 0.6) is 5.75 Å². The number of carbonyl (C=O) groups excluding carboxylic acids is 1. The molecule has 6 heteroatoms. The minimum absolute atomic E-state index is 0.116. The Labute approximate surface area is 148 Å². The molecule has 0 unspecified atom stereocenters. The van der Waals surface area contributed by atoms with Crippen molar-refractivity contribution in [3.63, 3.8) is 0 Å². The van der Waals surface area contributed by atoms with E-state index in [-0.39, 0.29) is 12.2 Å². The lowest BCUT2D eigenvalue weighted by molar-refractivity contribution is -0.138. The van der Waals surface area contributed by atoms with Gasteiger partial charge in [0, 0.05) is 34.7 Å². The lowest BCUT2D eigenvalue weighted by Crippen LogP contribution is -2.05. The van der Waals surface area contributed by atoms with Crippen LogP contribution in [-0.2, 0) is 16.1 Å². The average molecular weight is 354 g/mol. The number of rotatable bonds is 5. The molecule has 2 aromatic carbocycles. The Morgan fingerprint density at radius 2 is 2.00 bits per heavy atom. The van der Waals surface area contributed by atoms with E-state index < -0.39 is 17.4 Å². The Hall–Kier alpha value is -3.41. The van der Waals surface area contributed by atoms with E-state index in [1.165, 1.54) is 25.3 Å². The average Bonchev–Trinajstić information content (AvgIpc) is 2.64. The van der Waals surface area contributed by atoms with Crippen LogP contribution in [0.3, 0.4) is 0 Å². The molecule has 5 nitrogen and oxygen atoms in total. The third kappa shape index (κ3) is 3.97. The van der Waals surface area contributed by atoms with Crippen LogP contribution in [0, 0.1) is 5.82 Å². The third-order valence-electron chi connectivity index (χ3n) is 3.71. The number of benzene rings is 2. The molecule has 1 heterocycles. The zero-order chi connectivity index (χ0) is 18.5. The molecule has 0 N–H and O–H groups in total. The molecule has 0 radical (unpaired) electrons. The number of esters is 1. The fourth-order valence-electron chi connectivity index (χ4n) is 2.42. The number of carbonyl (C=O) groups is 1. The second kappa shape index (κ2) is 7.65. The summed E-state index contributed by atoms with van der Waals surface area (Å²) in [6.45, 7) is -0.116. The van der Waals surface area contributed by atoms with Crippen LogP contribution in [0.15, 0.2) is 63.8 Å². The molecule has 0 amide bonds. The maximum absolute atomic E-state index is 13.5. The number of hydrogen-bond acceptors (Lipinski definition) is 5. The van der Waals surface area contributed by atoms with Gasteiger partial charge in [-0.05, 0) is 24.3 Å². The van der Waals surface area contributed by atoms with Crippen LogP contribution in [-0.4, -0.2) is 13.1 Å². The highest BCUT2D eigenvalue weighted by Gasteiger charge is 2.09.